The number of rotatable bonds is 7. The number of carbonyl (C=O) groups excluding carboxylic acids is 1. The lowest BCUT2D eigenvalue weighted by Gasteiger charge is -2.14. The first-order valence-electron chi connectivity index (χ1n) is 7.62. The van der Waals surface area contributed by atoms with Crippen molar-refractivity contribution in [3.63, 3.8) is 0 Å². The molecule has 7 nitrogen and oxygen atoms in total. The Labute approximate surface area is 142 Å². The van der Waals surface area contributed by atoms with E-state index < -0.39 is 10.0 Å². The Balaban J connectivity index is 1.99. The van der Waals surface area contributed by atoms with Crippen molar-refractivity contribution in [1.29, 1.82) is 0 Å². The molecular formula is C16H22N4O3S. The van der Waals surface area contributed by atoms with Gasteiger partial charge in [-0.25, -0.2) is 17.8 Å². The standard InChI is InChI=1S/C16H22N4O3S/c1-12(19-16(21)9-10-18-24(3,22)23)15-11-17-20(13(15)2)14-7-5-4-6-8-14/h4-8,11-12,18H,9-10H2,1-3H3,(H,19,21)/t12-/m1/s1. The molecule has 0 radical (unpaired) electrons. The molecule has 1 aromatic carbocycles. The first kappa shape index (κ1) is 18.2. The molecule has 0 spiro atoms. The summed E-state index contributed by atoms with van der Waals surface area (Å²) in [5.41, 5.74) is 2.82. The molecule has 1 atom stereocenters. The fourth-order valence-electron chi connectivity index (χ4n) is 2.42. The summed E-state index contributed by atoms with van der Waals surface area (Å²) in [5, 5.41) is 7.24. The van der Waals surface area contributed by atoms with Crippen molar-refractivity contribution >= 4 is 15.9 Å². The normalized spacial score (nSPS) is 12.8. The average molecular weight is 350 g/mol. The molecule has 0 fully saturated rings. The predicted octanol–water partition coefficient (Wildman–Crippen LogP) is 1.30. The number of carbonyl (C=O) groups is 1. The van der Waals surface area contributed by atoms with Crippen molar-refractivity contribution in [2.45, 2.75) is 26.3 Å². The zero-order valence-electron chi connectivity index (χ0n) is 14.0. The minimum Gasteiger partial charge on any atom is -0.349 e. The highest BCUT2D eigenvalue weighted by Gasteiger charge is 2.16. The highest BCUT2D eigenvalue weighted by molar-refractivity contribution is 7.88. The van der Waals surface area contributed by atoms with Gasteiger partial charge in [0, 0.05) is 24.2 Å². The van der Waals surface area contributed by atoms with Crippen LogP contribution in [0.1, 0.15) is 30.6 Å². The highest BCUT2D eigenvalue weighted by Crippen LogP contribution is 2.20. The second-order valence-corrected chi connectivity index (χ2v) is 7.47. The maximum atomic E-state index is 11.9. The highest BCUT2D eigenvalue weighted by atomic mass is 32.2. The van der Waals surface area contributed by atoms with E-state index in [1.165, 1.54) is 0 Å². The molecule has 2 aromatic rings. The van der Waals surface area contributed by atoms with Crippen molar-refractivity contribution in [3.8, 4) is 5.69 Å². The van der Waals surface area contributed by atoms with Crippen LogP contribution in [-0.4, -0.2) is 36.9 Å². The summed E-state index contributed by atoms with van der Waals surface area (Å²) in [6.07, 6.45) is 2.89. The molecule has 0 aliphatic carbocycles. The SMILES string of the molecule is Cc1c([C@@H](C)NC(=O)CCNS(C)(=O)=O)cnn1-c1ccccc1. The molecule has 0 unspecified atom stereocenters. The molecule has 0 aliphatic heterocycles. The molecular weight excluding hydrogens is 328 g/mol. The minimum absolute atomic E-state index is 0.0830. The van der Waals surface area contributed by atoms with Crippen molar-refractivity contribution in [1.82, 2.24) is 19.8 Å². The molecule has 2 N–H and O–H groups in total. The van der Waals surface area contributed by atoms with Crippen LogP contribution < -0.4 is 10.0 Å². The van der Waals surface area contributed by atoms with Crippen LogP contribution in [0.15, 0.2) is 36.5 Å². The number of hydrogen-bond donors (Lipinski definition) is 2. The lowest BCUT2D eigenvalue weighted by Crippen LogP contribution is -2.31. The van der Waals surface area contributed by atoms with Gasteiger partial charge >= 0.3 is 0 Å². The third-order valence-corrected chi connectivity index (χ3v) is 4.34. The number of benzene rings is 1. The maximum Gasteiger partial charge on any atom is 0.221 e. The quantitative estimate of drug-likeness (QED) is 0.787. The number of nitrogens with one attached hydrogen (secondary N) is 2. The molecule has 2 rings (SSSR count). The number of aromatic nitrogens is 2. The monoisotopic (exact) mass is 350 g/mol. The Morgan fingerprint density at radius 2 is 1.96 bits per heavy atom. The van der Waals surface area contributed by atoms with E-state index in [0.29, 0.717) is 0 Å². The third-order valence-electron chi connectivity index (χ3n) is 3.61. The van der Waals surface area contributed by atoms with Crippen LogP contribution in [0.25, 0.3) is 5.69 Å². The summed E-state index contributed by atoms with van der Waals surface area (Å²) < 4.78 is 26.1. The number of para-hydroxylation sites is 1. The molecule has 0 saturated carbocycles. The number of sulfonamides is 1. The molecule has 1 aromatic heterocycles. The van der Waals surface area contributed by atoms with Crippen molar-refractivity contribution < 1.29 is 13.2 Å². The van der Waals surface area contributed by atoms with Gasteiger partial charge < -0.3 is 5.32 Å². The smallest absolute Gasteiger partial charge is 0.221 e. The largest absolute Gasteiger partial charge is 0.349 e. The fraction of sp³-hybridized carbons (Fsp3) is 0.375. The Hall–Kier alpha value is -2.19. The lowest BCUT2D eigenvalue weighted by atomic mass is 10.1. The zero-order chi connectivity index (χ0) is 17.7. The van der Waals surface area contributed by atoms with Gasteiger partial charge in [0.25, 0.3) is 0 Å². The van der Waals surface area contributed by atoms with Crippen molar-refractivity contribution in [2.75, 3.05) is 12.8 Å². The van der Waals surface area contributed by atoms with Gasteiger partial charge in [0.15, 0.2) is 0 Å². The van der Waals surface area contributed by atoms with Gasteiger partial charge in [-0.05, 0) is 26.0 Å². The first-order chi connectivity index (χ1) is 11.3. The van der Waals surface area contributed by atoms with Gasteiger partial charge in [-0.15, -0.1) is 0 Å². The van der Waals surface area contributed by atoms with Crippen LogP contribution in [0.5, 0.6) is 0 Å². The van der Waals surface area contributed by atoms with Gasteiger partial charge in [0.1, 0.15) is 0 Å². The van der Waals surface area contributed by atoms with E-state index in [1.54, 1.807) is 6.20 Å². The van der Waals surface area contributed by atoms with Gasteiger partial charge in [-0.1, -0.05) is 18.2 Å². The lowest BCUT2D eigenvalue weighted by molar-refractivity contribution is -0.121. The molecule has 8 heteroatoms. The van der Waals surface area contributed by atoms with Crippen LogP contribution in [0.4, 0.5) is 0 Å². The summed E-state index contributed by atoms with van der Waals surface area (Å²) in [4.78, 5) is 11.9. The third kappa shape index (κ3) is 4.90. The molecule has 0 saturated heterocycles. The molecule has 1 amide bonds. The van der Waals surface area contributed by atoms with Crippen LogP contribution in [-0.2, 0) is 14.8 Å². The fourth-order valence-corrected chi connectivity index (χ4v) is 2.89. The molecule has 24 heavy (non-hydrogen) atoms. The maximum absolute atomic E-state index is 11.9. The van der Waals surface area contributed by atoms with E-state index in [1.807, 2.05) is 48.9 Å². The second-order valence-electron chi connectivity index (χ2n) is 5.64. The summed E-state index contributed by atoms with van der Waals surface area (Å²) in [7, 11) is -3.28. The zero-order valence-corrected chi connectivity index (χ0v) is 14.8. The van der Waals surface area contributed by atoms with E-state index >= 15 is 0 Å². The Morgan fingerprint density at radius 3 is 2.58 bits per heavy atom. The van der Waals surface area contributed by atoms with E-state index in [4.69, 9.17) is 0 Å². The van der Waals surface area contributed by atoms with E-state index in [-0.39, 0.29) is 24.9 Å². The molecule has 1 heterocycles. The molecule has 130 valence electrons. The minimum atomic E-state index is -3.28. The van der Waals surface area contributed by atoms with E-state index in [0.717, 1.165) is 23.2 Å². The van der Waals surface area contributed by atoms with Crippen LogP contribution in [0.3, 0.4) is 0 Å². The Morgan fingerprint density at radius 1 is 1.29 bits per heavy atom. The van der Waals surface area contributed by atoms with Gasteiger partial charge in [0.05, 0.1) is 24.2 Å². The first-order valence-corrected chi connectivity index (χ1v) is 9.51. The Bertz CT molecular complexity index is 800. The predicted molar refractivity (Wildman–Crippen MR) is 92.3 cm³/mol. The van der Waals surface area contributed by atoms with Gasteiger partial charge in [-0.2, -0.15) is 5.10 Å². The number of nitrogens with zero attached hydrogens (tertiary/aromatic N) is 2. The Kier molecular flexibility index (Phi) is 5.74. The average Bonchev–Trinajstić information content (AvgIpc) is 2.88. The summed E-state index contributed by atoms with van der Waals surface area (Å²) in [5.74, 6) is -0.217. The van der Waals surface area contributed by atoms with Crippen LogP contribution in [0.2, 0.25) is 0 Å². The number of amides is 1. The van der Waals surface area contributed by atoms with E-state index in [2.05, 4.69) is 15.1 Å². The molecule has 0 aliphatic rings. The van der Waals surface area contributed by atoms with Crippen LogP contribution >= 0.6 is 0 Å². The van der Waals surface area contributed by atoms with Gasteiger partial charge in [0.2, 0.25) is 15.9 Å². The summed E-state index contributed by atoms with van der Waals surface area (Å²) in [6, 6.07) is 9.53. The van der Waals surface area contributed by atoms with Crippen molar-refractivity contribution in [3.05, 3.63) is 47.8 Å². The molecule has 0 bridgehead atoms. The summed E-state index contributed by atoms with van der Waals surface area (Å²) >= 11 is 0. The van der Waals surface area contributed by atoms with E-state index in [9.17, 15) is 13.2 Å². The topological polar surface area (TPSA) is 93.1 Å². The van der Waals surface area contributed by atoms with Gasteiger partial charge in [-0.3, -0.25) is 4.79 Å². The summed E-state index contributed by atoms with van der Waals surface area (Å²) in [6.45, 7) is 3.91. The van der Waals surface area contributed by atoms with Crippen molar-refractivity contribution in [2.24, 2.45) is 0 Å². The number of hydrogen-bond acceptors (Lipinski definition) is 4. The van der Waals surface area contributed by atoms with Crippen LogP contribution in [0, 0.1) is 6.92 Å². The second kappa shape index (κ2) is 7.59.